The van der Waals surface area contributed by atoms with Gasteiger partial charge < -0.3 is 5.32 Å². The third kappa shape index (κ3) is 3.29. The second-order valence-electron chi connectivity index (χ2n) is 3.38. The van der Waals surface area contributed by atoms with Gasteiger partial charge in [-0.15, -0.1) is 10.2 Å². The molecule has 0 atom stereocenters. The van der Waals surface area contributed by atoms with Gasteiger partial charge in [0, 0.05) is 24.5 Å². The van der Waals surface area contributed by atoms with Crippen molar-refractivity contribution in [3.63, 3.8) is 0 Å². The molecule has 5 nitrogen and oxygen atoms in total. The van der Waals surface area contributed by atoms with E-state index < -0.39 is 0 Å². The van der Waals surface area contributed by atoms with Gasteiger partial charge in [-0.05, 0) is 17.7 Å². The molecule has 0 saturated heterocycles. The molecule has 0 fully saturated rings. The summed E-state index contributed by atoms with van der Waals surface area (Å²) >= 11 is 5.79. The number of hydrogen-bond donors (Lipinski definition) is 2. The fraction of sp³-hybridized carbons (Fsp3) is 0.300. The molecule has 2 aromatic rings. The summed E-state index contributed by atoms with van der Waals surface area (Å²) in [7, 11) is 0. The fourth-order valence-electron chi connectivity index (χ4n) is 1.32. The van der Waals surface area contributed by atoms with Crippen LogP contribution in [-0.4, -0.2) is 27.2 Å². The number of hydrogen-bond acceptors (Lipinski definition) is 4. The standard InChI is InChI=1S/C10H12ClN5/c11-9-3-1-8(2-4-9)7-12-6-5-10-13-15-16-14-10/h1-4,12H,5-7H2,(H,13,14,15,16). The number of nitrogens with zero attached hydrogens (tertiary/aromatic N) is 3. The van der Waals surface area contributed by atoms with Crippen LogP contribution in [-0.2, 0) is 13.0 Å². The van der Waals surface area contributed by atoms with Gasteiger partial charge in [-0.25, -0.2) is 0 Å². The van der Waals surface area contributed by atoms with Crippen molar-refractivity contribution >= 4 is 11.6 Å². The monoisotopic (exact) mass is 237 g/mol. The third-order valence-electron chi connectivity index (χ3n) is 2.16. The molecular weight excluding hydrogens is 226 g/mol. The van der Waals surface area contributed by atoms with E-state index in [2.05, 4.69) is 25.9 Å². The molecule has 0 spiro atoms. The molecule has 6 heteroatoms. The van der Waals surface area contributed by atoms with Gasteiger partial charge in [0.2, 0.25) is 0 Å². The molecule has 0 bridgehead atoms. The summed E-state index contributed by atoms with van der Waals surface area (Å²) < 4.78 is 0. The summed E-state index contributed by atoms with van der Waals surface area (Å²) in [6.45, 7) is 1.64. The Balaban J connectivity index is 1.70. The Kier molecular flexibility index (Phi) is 3.85. The van der Waals surface area contributed by atoms with Crippen LogP contribution in [0, 0.1) is 0 Å². The predicted octanol–water partition coefficient (Wildman–Crippen LogP) is 1.19. The van der Waals surface area contributed by atoms with Crippen LogP contribution in [0.4, 0.5) is 0 Å². The van der Waals surface area contributed by atoms with Crippen molar-refractivity contribution in [1.82, 2.24) is 25.9 Å². The molecule has 2 N–H and O–H groups in total. The van der Waals surface area contributed by atoms with Gasteiger partial charge in [0.25, 0.3) is 0 Å². The molecule has 1 aromatic heterocycles. The van der Waals surface area contributed by atoms with Crippen molar-refractivity contribution in [2.75, 3.05) is 6.54 Å². The minimum absolute atomic E-state index is 0.726. The van der Waals surface area contributed by atoms with E-state index in [-0.39, 0.29) is 0 Å². The molecular formula is C10H12ClN5. The second-order valence-corrected chi connectivity index (χ2v) is 3.82. The molecule has 1 heterocycles. The molecule has 84 valence electrons. The Labute approximate surface area is 98.2 Å². The smallest absolute Gasteiger partial charge is 0.175 e. The number of halogens is 1. The zero-order valence-electron chi connectivity index (χ0n) is 8.65. The highest BCUT2D eigenvalue weighted by Crippen LogP contribution is 2.08. The van der Waals surface area contributed by atoms with E-state index in [1.807, 2.05) is 24.3 Å². The van der Waals surface area contributed by atoms with E-state index >= 15 is 0 Å². The number of nitrogens with one attached hydrogen (secondary N) is 2. The van der Waals surface area contributed by atoms with E-state index in [0.717, 1.165) is 30.4 Å². The van der Waals surface area contributed by atoms with Crippen molar-refractivity contribution in [2.45, 2.75) is 13.0 Å². The highest BCUT2D eigenvalue weighted by molar-refractivity contribution is 6.30. The molecule has 0 amide bonds. The molecule has 0 saturated carbocycles. The molecule has 0 aliphatic rings. The summed E-state index contributed by atoms with van der Waals surface area (Å²) in [5.74, 6) is 0.726. The topological polar surface area (TPSA) is 66.5 Å². The lowest BCUT2D eigenvalue weighted by molar-refractivity contribution is 0.671. The summed E-state index contributed by atoms with van der Waals surface area (Å²) in [5, 5.41) is 17.7. The maximum absolute atomic E-state index is 5.79. The minimum Gasteiger partial charge on any atom is -0.312 e. The lowest BCUT2D eigenvalue weighted by Crippen LogP contribution is -2.17. The largest absolute Gasteiger partial charge is 0.312 e. The van der Waals surface area contributed by atoms with Crippen LogP contribution in [0.25, 0.3) is 0 Å². The van der Waals surface area contributed by atoms with Crippen LogP contribution in [0.3, 0.4) is 0 Å². The van der Waals surface area contributed by atoms with Crippen molar-refractivity contribution in [3.05, 3.63) is 40.7 Å². The summed E-state index contributed by atoms with van der Waals surface area (Å²) in [4.78, 5) is 0. The fourth-order valence-corrected chi connectivity index (χ4v) is 1.45. The number of aromatic nitrogens is 4. The Hall–Kier alpha value is -1.46. The van der Waals surface area contributed by atoms with Crippen LogP contribution in [0.2, 0.25) is 5.02 Å². The van der Waals surface area contributed by atoms with E-state index in [1.165, 1.54) is 5.56 Å². The van der Waals surface area contributed by atoms with Crippen LogP contribution < -0.4 is 5.32 Å². The van der Waals surface area contributed by atoms with Crippen LogP contribution in [0.15, 0.2) is 24.3 Å². The summed E-state index contributed by atoms with van der Waals surface area (Å²) in [6.07, 6.45) is 0.768. The first-order valence-electron chi connectivity index (χ1n) is 5.02. The summed E-state index contributed by atoms with van der Waals surface area (Å²) in [5.41, 5.74) is 1.21. The first-order valence-corrected chi connectivity index (χ1v) is 5.40. The maximum Gasteiger partial charge on any atom is 0.175 e. The molecule has 0 aliphatic carbocycles. The predicted molar refractivity (Wildman–Crippen MR) is 61.0 cm³/mol. The maximum atomic E-state index is 5.79. The zero-order valence-corrected chi connectivity index (χ0v) is 9.41. The highest BCUT2D eigenvalue weighted by atomic mass is 35.5. The zero-order chi connectivity index (χ0) is 11.2. The number of H-pyrrole nitrogens is 1. The molecule has 16 heavy (non-hydrogen) atoms. The Morgan fingerprint density at radius 2 is 2.06 bits per heavy atom. The number of benzene rings is 1. The van der Waals surface area contributed by atoms with Crippen molar-refractivity contribution in [3.8, 4) is 0 Å². The molecule has 2 rings (SSSR count). The Morgan fingerprint density at radius 3 is 2.75 bits per heavy atom. The van der Waals surface area contributed by atoms with Crippen molar-refractivity contribution in [1.29, 1.82) is 0 Å². The van der Waals surface area contributed by atoms with Crippen LogP contribution >= 0.6 is 11.6 Å². The van der Waals surface area contributed by atoms with E-state index in [4.69, 9.17) is 11.6 Å². The number of tetrazole rings is 1. The first-order chi connectivity index (χ1) is 7.84. The van der Waals surface area contributed by atoms with Crippen molar-refractivity contribution < 1.29 is 0 Å². The van der Waals surface area contributed by atoms with E-state index in [1.54, 1.807) is 0 Å². The van der Waals surface area contributed by atoms with Crippen LogP contribution in [0.5, 0.6) is 0 Å². The van der Waals surface area contributed by atoms with Crippen LogP contribution in [0.1, 0.15) is 11.4 Å². The average Bonchev–Trinajstić information content (AvgIpc) is 2.80. The SMILES string of the molecule is Clc1ccc(CNCCc2nn[nH]n2)cc1. The van der Waals surface area contributed by atoms with Gasteiger partial charge in [0.05, 0.1) is 0 Å². The minimum atomic E-state index is 0.726. The van der Waals surface area contributed by atoms with Gasteiger partial charge in [0.1, 0.15) is 0 Å². The number of aromatic amines is 1. The third-order valence-corrected chi connectivity index (χ3v) is 2.41. The van der Waals surface area contributed by atoms with Gasteiger partial charge >= 0.3 is 0 Å². The molecule has 0 unspecified atom stereocenters. The lowest BCUT2D eigenvalue weighted by atomic mass is 10.2. The molecule has 0 radical (unpaired) electrons. The first kappa shape index (κ1) is 11.0. The van der Waals surface area contributed by atoms with Gasteiger partial charge in [-0.2, -0.15) is 5.21 Å². The highest BCUT2D eigenvalue weighted by Gasteiger charge is 1.97. The lowest BCUT2D eigenvalue weighted by Gasteiger charge is -2.03. The molecule has 0 aliphatic heterocycles. The summed E-state index contributed by atoms with van der Waals surface area (Å²) in [6, 6.07) is 7.78. The quantitative estimate of drug-likeness (QED) is 0.767. The van der Waals surface area contributed by atoms with Crippen molar-refractivity contribution in [2.24, 2.45) is 0 Å². The Morgan fingerprint density at radius 1 is 1.25 bits per heavy atom. The molecule has 1 aromatic carbocycles. The number of rotatable bonds is 5. The van der Waals surface area contributed by atoms with Gasteiger partial charge in [-0.1, -0.05) is 28.9 Å². The second kappa shape index (κ2) is 5.58. The Bertz CT molecular complexity index is 411. The van der Waals surface area contributed by atoms with Gasteiger partial charge in [0.15, 0.2) is 5.82 Å². The van der Waals surface area contributed by atoms with E-state index in [0.29, 0.717) is 0 Å². The average molecular weight is 238 g/mol. The normalized spacial score (nSPS) is 10.6. The van der Waals surface area contributed by atoms with Gasteiger partial charge in [-0.3, -0.25) is 0 Å². The van der Waals surface area contributed by atoms with E-state index in [9.17, 15) is 0 Å².